The molecule has 0 aliphatic heterocycles. The Balaban J connectivity index is 1.89. The Labute approximate surface area is 142 Å². The molecule has 120 valence electrons. The number of halogens is 1. The number of para-hydroxylation sites is 1. The van der Waals surface area contributed by atoms with Gasteiger partial charge in [0.2, 0.25) is 0 Å². The molecule has 1 aromatic heterocycles. The third-order valence-corrected chi connectivity index (χ3v) is 3.72. The van der Waals surface area contributed by atoms with Gasteiger partial charge in [-0.3, -0.25) is 0 Å². The minimum Gasteiger partial charge on any atom is -0.422 e. The van der Waals surface area contributed by atoms with E-state index in [4.69, 9.17) is 20.9 Å². The van der Waals surface area contributed by atoms with Gasteiger partial charge in [0.1, 0.15) is 5.58 Å². The molecule has 0 saturated heterocycles. The van der Waals surface area contributed by atoms with Gasteiger partial charge in [0.05, 0.1) is 21.9 Å². The first kappa shape index (κ1) is 16.0. The van der Waals surface area contributed by atoms with E-state index in [0.717, 1.165) is 5.39 Å². The first-order valence-electron chi connectivity index (χ1n) is 7.10. The van der Waals surface area contributed by atoms with E-state index in [-0.39, 0.29) is 21.9 Å². The summed E-state index contributed by atoms with van der Waals surface area (Å²) in [6.07, 6.45) is 0. The molecule has 0 unspecified atom stereocenters. The maximum Gasteiger partial charge on any atom is 0.367 e. The third-order valence-electron chi connectivity index (χ3n) is 3.39. The molecule has 1 heterocycles. The third kappa shape index (κ3) is 3.21. The molecule has 0 saturated carbocycles. The van der Waals surface area contributed by atoms with Gasteiger partial charge in [-0.25, -0.2) is 9.59 Å². The highest BCUT2D eigenvalue weighted by Crippen LogP contribution is 2.16. The predicted octanol–water partition coefficient (Wildman–Crippen LogP) is 4.03. The van der Waals surface area contributed by atoms with Crippen molar-refractivity contribution in [3.63, 3.8) is 0 Å². The maximum absolute atomic E-state index is 12.0. The monoisotopic (exact) mass is 341 g/mol. The number of carbonyl (C=O) groups excluding carboxylic acids is 1. The molecule has 0 bridgehead atoms. The highest BCUT2D eigenvalue weighted by Gasteiger charge is 2.13. The molecule has 2 aromatic carbocycles. The fourth-order valence-corrected chi connectivity index (χ4v) is 2.36. The van der Waals surface area contributed by atoms with Crippen LogP contribution in [0, 0.1) is 0 Å². The molecule has 0 spiro atoms. The molecule has 6 heteroatoms. The van der Waals surface area contributed by atoms with Gasteiger partial charge in [-0.2, -0.15) is 0 Å². The van der Waals surface area contributed by atoms with Gasteiger partial charge in [0.25, 0.3) is 0 Å². The molecule has 3 aromatic rings. The summed E-state index contributed by atoms with van der Waals surface area (Å²) >= 11 is 5.93. The quantitative estimate of drug-likeness (QED) is 0.312. The lowest BCUT2D eigenvalue weighted by molar-refractivity contribution is 0.0516. The number of oxime groups is 1. The first-order valence-corrected chi connectivity index (χ1v) is 7.48. The molecule has 0 radical (unpaired) electrons. The van der Waals surface area contributed by atoms with Crippen molar-refractivity contribution in [1.82, 2.24) is 0 Å². The minimum absolute atomic E-state index is 0.196. The summed E-state index contributed by atoms with van der Waals surface area (Å²) in [5, 5.41) is 4.74. The number of rotatable bonds is 3. The molecule has 0 N–H and O–H groups in total. The normalized spacial score (nSPS) is 11.5. The van der Waals surface area contributed by atoms with Crippen LogP contribution < -0.4 is 5.63 Å². The molecule has 0 atom stereocenters. The molecule has 0 aliphatic carbocycles. The number of benzene rings is 2. The Kier molecular flexibility index (Phi) is 4.44. The minimum atomic E-state index is -0.704. The molecule has 0 aliphatic rings. The zero-order valence-electron chi connectivity index (χ0n) is 12.7. The SMILES string of the molecule is C/C(=N/OC(=O)c1ccccc1Cl)c1cc2ccccc2oc1=O. The van der Waals surface area contributed by atoms with E-state index in [2.05, 4.69) is 5.16 Å². The first-order chi connectivity index (χ1) is 11.6. The van der Waals surface area contributed by atoms with Gasteiger partial charge in [-0.05, 0) is 31.2 Å². The van der Waals surface area contributed by atoms with Crippen molar-refractivity contribution < 1.29 is 14.0 Å². The second-order valence-electron chi connectivity index (χ2n) is 5.02. The molecule has 0 fully saturated rings. The van der Waals surface area contributed by atoms with Crippen molar-refractivity contribution in [2.24, 2.45) is 5.16 Å². The Hall–Kier alpha value is -2.92. The topological polar surface area (TPSA) is 68.9 Å². The van der Waals surface area contributed by atoms with Gasteiger partial charge in [-0.15, -0.1) is 0 Å². The molecule has 3 rings (SSSR count). The van der Waals surface area contributed by atoms with Gasteiger partial charge in [-0.1, -0.05) is 47.1 Å². The maximum atomic E-state index is 12.0. The highest BCUT2D eigenvalue weighted by molar-refractivity contribution is 6.33. The van der Waals surface area contributed by atoms with Crippen LogP contribution in [-0.4, -0.2) is 11.7 Å². The van der Waals surface area contributed by atoms with Crippen molar-refractivity contribution in [2.45, 2.75) is 6.92 Å². The zero-order chi connectivity index (χ0) is 17.1. The van der Waals surface area contributed by atoms with E-state index in [1.807, 2.05) is 12.1 Å². The van der Waals surface area contributed by atoms with Crippen LogP contribution in [0.3, 0.4) is 0 Å². The van der Waals surface area contributed by atoms with Crippen molar-refractivity contribution in [3.8, 4) is 0 Å². The zero-order valence-corrected chi connectivity index (χ0v) is 13.4. The Morgan fingerprint density at radius 1 is 1.08 bits per heavy atom. The van der Waals surface area contributed by atoms with E-state index < -0.39 is 11.6 Å². The number of nitrogens with zero attached hydrogens (tertiary/aromatic N) is 1. The molecular formula is C18H12ClNO4. The van der Waals surface area contributed by atoms with E-state index >= 15 is 0 Å². The fourth-order valence-electron chi connectivity index (χ4n) is 2.15. The molecular weight excluding hydrogens is 330 g/mol. The largest absolute Gasteiger partial charge is 0.422 e. The Morgan fingerprint density at radius 2 is 1.79 bits per heavy atom. The number of carbonyl (C=O) groups is 1. The van der Waals surface area contributed by atoms with Crippen LogP contribution >= 0.6 is 11.6 Å². The van der Waals surface area contributed by atoms with Crippen molar-refractivity contribution in [2.75, 3.05) is 0 Å². The average Bonchev–Trinajstić information content (AvgIpc) is 2.59. The van der Waals surface area contributed by atoms with Crippen LogP contribution in [0.5, 0.6) is 0 Å². The molecule has 0 amide bonds. The average molecular weight is 342 g/mol. The lowest BCUT2D eigenvalue weighted by Gasteiger charge is -2.03. The van der Waals surface area contributed by atoms with Gasteiger partial charge in [0, 0.05) is 5.39 Å². The fraction of sp³-hybridized carbons (Fsp3) is 0.0556. The summed E-state index contributed by atoms with van der Waals surface area (Å²) in [5.41, 5.74) is 0.577. The van der Waals surface area contributed by atoms with Crippen LogP contribution in [0.25, 0.3) is 11.0 Å². The summed E-state index contributed by atoms with van der Waals surface area (Å²) in [7, 11) is 0. The summed E-state index contributed by atoms with van der Waals surface area (Å²) in [6, 6.07) is 15.2. The summed E-state index contributed by atoms with van der Waals surface area (Å²) in [4.78, 5) is 28.9. The van der Waals surface area contributed by atoms with Crippen LogP contribution in [0.2, 0.25) is 5.02 Å². The Morgan fingerprint density at radius 3 is 2.58 bits per heavy atom. The van der Waals surface area contributed by atoms with Crippen molar-refractivity contribution >= 4 is 34.3 Å². The molecule has 5 nitrogen and oxygen atoms in total. The standard InChI is InChI=1S/C18H12ClNO4/c1-11(20-24-18(22)13-7-3-4-8-15(13)19)14-10-12-6-2-5-9-16(12)23-17(14)21/h2-10H,1H3/b20-11-. The van der Waals surface area contributed by atoms with Crippen LogP contribution in [-0.2, 0) is 4.84 Å². The smallest absolute Gasteiger partial charge is 0.367 e. The van der Waals surface area contributed by atoms with Crippen LogP contribution in [0.1, 0.15) is 22.8 Å². The van der Waals surface area contributed by atoms with Gasteiger partial charge in [0.15, 0.2) is 0 Å². The van der Waals surface area contributed by atoms with Gasteiger partial charge < -0.3 is 9.25 Å². The second kappa shape index (κ2) is 6.68. The van der Waals surface area contributed by atoms with E-state index in [9.17, 15) is 9.59 Å². The Bertz CT molecular complexity index is 1010. The van der Waals surface area contributed by atoms with Crippen molar-refractivity contribution in [1.29, 1.82) is 0 Å². The van der Waals surface area contributed by atoms with Gasteiger partial charge >= 0.3 is 11.6 Å². The number of hydrogen-bond donors (Lipinski definition) is 0. The van der Waals surface area contributed by atoms with Crippen LogP contribution in [0.15, 0.2) is 69.0 Å². The highest BCUT2D eigenvalue weighted by atomic mass is 35.5. The summed E-state index contributed by atoms with van der Waals surface area (Å²) in [6.45, 7) is 1.56. The van der Waals surface area contributed by atoms with E-state index in [1.165, 1.54) is 6.07 Å². The van der Waals surface area contributed by atoms with E-state index in [1.54, 1.807) is 43.3 Å². The summed E-state index contributed by atoms with van der Waals surface area (Å²) in [5.74, 6) is -0.704. The van der Waals surface area contributed by atoms with E-state index in [0.29, 0.717) is 5.58 Å². The number of hydrogen-bond acceptors (Lipinski definition) is 5. The predicted molar refractivity (Wildman–Crippen MR) is 91.6 cm³/mol. The molecule has 24 heavy (non-hydrogen) atoms. The van der Waals surface area contributed by atoms with Crippen LogP contribution in [0.4, 0.5) is 0 Å². The lowest BCUT2D eigenvalue weighted by Crippen LogP contribution is -2.13. The summed E-state index contributed by atoms with van der Waals surface area (Å²) < 4.78 is 5.23. The lowest BCUT2D eigenvalue weighted by atomic mass is 10.1. The number of fused-ring (bicyclic) bond motifs is 1. The second-order valence-corrected chi connectivity index (χ2v) is 5.43. The van der Waals surface area contributed by atoms with Crippen molar-refractivity contribution in [3.05, 3.63) is 81.2 Å².